The first-order valence-corrected chi connectivity index (χ1v) is 16.0. The standard InChI is InChI=1S/C40H45N3O4/c1-31(14-15-32-18-21-38(45-25-9-23-42)40(28-32)47-30-35-12-6-3-7-13-35)26-36(44)19-16-33-17-20-37(43-24-8-22-41)39(27-33)46-29-34-10-4-2-5-11-34/h2-7,10-21,27-28,43H,1,8-9,22-26,29-30,41-42H2/b15-14+,19-16+. The number of anilines is 1. The Bertz CT molecular complexity index is 1500. The molecule has 244 valence electrons. The SMILES string of the molecule is C=C(/C=C/c1ccc(OCCCN)c(OCc2ccccc2)c1)CC(=O)/C=C/c1ccc(NCCCN)c(OCc2ccccc2)c1. The highest BCUT2D eigenvalue weighted by molar-refractivity contribution is 5.95. The number of carbonyl (C=O) groups excluding carboxylic acids is 1. The van der Waals surface area contributed by atoms with E-state index >= 15 is 0 Å². The van der Waals surface area contributed by atoms with Gasteiger partial charge in [0.15, 0.2) is 17.3 Å². The van der Waals surface area contributed by atoms with Crippen LogP contribution < -0.4 is 31.0 Å². The van der Waals surface area contributed by atoms with Gasteiger partial charge in [-0.05, 0) is 84.1 Å². The number of rotatable bonds is 20. The van der Waals surface area contributed by atoms with E-state index in [1.807, 2.05) is 109 Å². The number of benzene rings is 4. The molecule has 0 saturated heterocycles. The molecule has 0 aliphatic rings. The monoisotopic (exact) mass is 631 g/mol. The molecule has 0 aromatic heterocycles. The maximum Gasteiger partial charge on any atom is 0.162 e. The summed E-state index contributed by atoms with van der Waals surface area (Å²) in [6.45, 7) is 7.38. The first kappa shape index (κ1) is 34.8. The molecule has 0 heterocycles. The van der Waals surface area contributed by atoms with E-state index in [1.165, 1.54) is 0 Å². The van der Waals surface area contributed by atoms with Gasteiger partial charge in [-0.15, -0.1) is 0 Å². The first-order valence-electron chi connectivity index (χ1n) is 16.0. The Kier molecular flexibility index (Phi) is 14.4. The molecule has 7 heteroatoms. The molecule has 0 unspecified atom stereocenters. The van der Waals surface area contributed by atoms with Crippen LogP contribution in [0.2, 0.25) is 0 Å². The van der Waals surface area contributed by atoms with Gasteiger partial charge < -0.3 is 31.0 Å². The molecule has 0 spiro atoms. The molecule has 0 aliphatic heterocycles. The molecule has 0 aliphatic carbocycles. The summed E-state index contributed by atoms with van der Waals surface area (Å²) in [4.78, 5) is 12.8. The minimum Gasteiger partial charge on any atom is -0.490 e. The fraction of sp³-hybridized carbons (Fsp3) is 0.225. The number of hydrogen-bond donors (Lipinski definition) is 3. The molecule has 47 heavy (non-hydrogen) atoms. The van der Waals surface area contributed by atoms with Crippen LogP contribution in [0, 0.1) is 0 Å². The van der Waals surface area contributed by atoms with Crippen LogP contribution in [-0.2, 0) is 18.0 Å². The van der Waals surface area contributed by atoms with Crippen LogP contribution in [0.15, 0.2) is 121 Å². The third-order valence-electron chi connectivity index (χ3n) is 7.12. The number of hydrogen-bond acceptors (Lipinski definition) is 7. The van der Waals surface area contributed by atoms with Gasteiger partial charge in [0.1, 0.15) is 19.0 Å². The number of ether oxygens (including phenoxy) is 3. The molecular formula is C40H45N3O4. The maximum absolute atomic E-state index is 12.8. The van der Waals surface area contributed by atoms with E-state index in [1.54, 1.807) is 12.2 Å². The van der Waals surface area contributed by atoms with Crippen LogP contribution >= 0.6 is 0 Å². The highest BCUT2D eigenvalue weighted by Crippen LogP contribution is 2.31. The molecular weight excluding hydrogens is 586 g/mol. The Balaban J connectivity index is 1.37. The van der Waals surface area contributed by atoms with Gasteiger partial charge in [0.05, 0.1) is 12.3 Å². The number of ketones is 1. The molecule has 4 rings (SSSR count). The average molecular weight is 632 g/mol. The van der Waals surface area contributed by atoms with Crippen LogP contribution in [0.5, 0.6) is 17.2 Å². The minimum absolute atomic E-state index is 0.0490. The van der Waals surface area contributed by atoms with Crippen molar-refractivity contribution in [2.75, 3.05) is 31.6 Å². The molecule has 4 aromatic carbocycles. The predicted octanol–water partition coefficient (Wildman–Crippen LogP) is 7.57. The molecule has 5 N–H and O–H groups in total. The molecule has 7 nitrogen and oxygen atoms in total. The summed E-state index contributed by atoms with van der Waals surface area (Å²) >= 11 is 0. The lowest BCUT2D eigenvalue weighted by molar-refractivity contribution is -0.113. The number of allylic oxidation sites excluding steroid dienone is 3. The smallest absolute Gasteiger partial charge is 0.162 e. The van der Waals surface area contributed by atoms with Crippen LogP contribution in [0.4, 0.5) is 5.69 Å². The second-order valence-electron chi connectivity index (χ2n) is 11.0. The van der Waals surface area contributed by atoms with Crippen molar-refractivity contribution in [3.8, 4) is 17.2 Å². The topological polar surface area (TPSA) is 109 Å². The van der Waals surface area contributed by atoms with Crippen molar-refractivity contribution in [3.63, 3.8) is 0 Å². The van der Waals surface area contributed by atoms with Crippen molar-refractivity contribution in [2.45, 2.75) is 32.5 Å². The zero-order valence-corrected chi connectivity index (χ0v) is 26.9. The van der Waals surface area contributed by atoms with Crippen LogP contribution in [0.25, 0.3) is 12.2 Å². The highest BCUT2D eigenvalue weighted by atomic mass is 16.5. The second kappa shape index (κ2) is 19.4. The van der Waals surface area contributed by atoms with E-state index in [4.69, 9.17) is 25.7 Å². The quantitative estimate of drug-likeness (QED) is 0.0524. The van der Waals surface area contributed by atoms with E-state index in [-0.39, 0.29) is 12.2 Å². The zero-order chi connectivity index (χ0) is 33.1. The Morgan fingerprint density at radius 1 is 0.681 bits per heavy atom. The summed E-state index contributed by atoms with van der Waals surface area (Å²) in [5.41, 5.74) is 16.8. The third kappa shape index (κ3) is 12.3. The van der Waals surface area contributed by atoms with E-state index in [9.17, 15) is 4.79 Å². The normalized spacial score (nSPS) is 11.1. The largest absolute Gasteiger partial charge is 0.490 e. The van der Waals surface area contributed by atoms with Crippen molar-refractivity contribution in [3.05, 3.63) is 144 Å². The lowest BCUT2D eigenvalue weighted by Gasteiger charge is -2.14. The lowest BCUT2D eigenvalue weighted by Crippen LogP contribution is -2.09. The Hall–Kier alpha value is -5.11. The van der Waals surface area contributed by atoms with E-state index in [0.717, 1.165) is 53.1 Å². The third-order valence-corrected chi connectivity index (χ3v) is 7.12. The molecule has 0 fully saturated rings. The van der Waals surface area contributed by atoms with E-state index < -0.39 is 0 Å². The summed E-state index contributed by atoms with van der Waals surface area (Å²) in [5.74, 6) is 1.98. The van der Waals surface area contributed by atoms with Gasteiger partial charge in [0.25, 0.3) is 0 Å². The van der Waals surface area contributed by atoms with Gasteiger partial charge in [0, 0.05) is 13.0 Å². The Morgan fingerprint density at radius 2 is 1.28 bits per heavy atom. The van der Waals surface area contributed by atoms with Gasteiger partial charge in [-0.3, -0.25) is 4.79 Å². The molecule has 0 radical (unpaired) electrons. The lowest BCUT2D eigenvalue weighted by atomic mass is 10.1. The summed E-state index contributed by atoms with van der Waals surface area (Å²) < 4.78 is 18.2. The van der Waals surface area contributed by atoms with E-state index in [2.05, 4.69) is 11.9 Å². The molecule has 0 saturated carbocycles. The van der Waals surface area contributed by atoms with Crippen LogP contribution in [0.3, 0.4) is 0 Å². The van der Waals surface area contributed by atoms with Crippen molar-refractivity contribution >= 4 is 23.6 Å². The Labute approximate surface area is 278 Å². The van der Waals surface area contributed by atoms with Crippen molar-refractivity contribution < 1.29 is 19.0 Å². The van der Waals surface area contributed by atoms with Gasteiger partial charge in [-0.25, -0.2) is 0 Å². The Morgan fingerprint density at radius 3 is 1.94 bits per heavy atom. The first-order chi connectivity index (χ1) is 23.0. The van der Waals surface area contributed by atoms with Crippen molar-refractivity contribution in [1.82, 2.24) is 0 Å². The summed E-state index contributed by atoms with van der Waals surface area (Å²) in [7, 11) is 0. The van der Waals surface area contributed by atoms with Gasteiger partial charge in [-0.2, -0.15) is 0 Å². The fourth-order valence-corrected chi connectivity index (χ4v) is 4.57. The minimum atomic E-state index is -0.0490. The number of carbonyl (C=O) groups is 1. The summed E-state index contributed by atoms with van der Waals surface area (Å²) in [6.07, 6.45) is 8.96. The van der Waals surface area contributed by atoms with Crippen molar-refractivity contribution in [1.29, 1.82) is 0 Å². The van der Waals surface area contributed by atoms with Crippen LogP contribution in [0.1, 0.15) is 41.5 Å². The van der Waals surface area contributed by atoms with Gasteiger partial charge in [-0.1, -0.05) is 97.6 Å². The molecule has 0 bridgehead atoms. The number of nitrogens with two attached hydrogens (primary N) is 2. The zero-order valence-electron chi connectivity index (χ0n) is 26.9. The van der Waals surface area contributed by atoms with Gasteiger partial charge >= 0.3 is 0 Å². The second-order valence-corrected chi connectivity index (χ2v) is 11.0. The predicted molar refractivity (Wildman–Crippen MR) is 193 cm³/mol. The van der Waals surface area contributed by atoms with Gasteiger partial charge in [0.2, 0.25) is 0 Å². The number of nitrogens with one attached hydrogen (secondary N) is 1. The van der Waals surface area contributed by atoms with E-state index in [0.29, 0.717) is 50.0 Å². The summed E-state index contributed by atoms with van der Waals surface area (Å²) in [5, 5.41) is 3.39. The molecule has 0 amide bonds. The van der Waals surface area contributed by atoms with Crippen molar-refractivity contribution in [2.24, 2.45) is 11.5 Å². The fourth-order valence-electron chi connectivity index (χ4n) is 4.57. The average Bonchev–Trinajstić information content (AvgIpc) is 3.10. The summed E-state index contributed by atoms with van der Waals surface area (Å²) in [6, 6.07) is 31.6. The van der Waals surface area contributed by atoms with Crippen LogP contribution in [-0.4, -0.2) is 32.0 Å². The highest BCUT2D eigenvalue weighted by Gasteiger charge is 2.09. The maximum atomic E-state index is 12.8. The molecule has 4 aromatic rings. The molecule has 0 atom stereocenters.